The lowest BCUT2D eigenvalue weighted by molar-refractivity contribution is -0.180. The van der Waals surface area contributed by atoms with Crippen molar-refractivity contribution in [1.82, 2.24) is 5.32 Å². The zero-order valence-electron chi connectivity index (χ0n) is 8.88. The largest absolute Gasteiger partial charge is 0.348 e. The fourth-order valence-electron chi connectivity index (χ4n) is 2.25. The number of alkyl halides is 2. The molecular weight excluding hydrogens is 220 g/mol. The third-order valence-electron chi connectivity index (χ3n) is 3.11. The predicted molar refractivity (Wildman–Crippen MR) is 51.0 cm³/mol. The Hall–Kier alpha value is -0.750. The van der Waals surface area contributed by atoms with Crippen LogP contribution in [0.5, 0.6) is 0 Å². The lowest BCUT2D eigenvalue weighted by Gasteiger charge is -2.35. The minimum absolute atomic E-state index is 0.181. The minimum Gasteiger partial charge on any atom is -0.348 e. The first-order valence-electron chi connectivity index (χ1n) is 5.48. The molecule has 1 aliphatic carbocycles. The first kappa shape index (κ1) is 11.7. The average molecular weight is 235 g/mol. The molecule has 0 aromatic rings. The van der Waals surface area contributed by atoms with Crippen molar-refractivity contribution in [3.8, 4) is 0 Å². The first-order valence-corrected chi connectivity index (χ1v) is 5.48. The van der Waals surface area contributed by atoms with E-state index in [2.05, 4.69) is 5.32 Å². The average Bonchev–Trinajstić information content (AvgIpc) is 2.70. The van der Waals surface area contributed by atoms with E-state index in [-0.39, 0.29) is 6.04 Å². The maximum absolute atomic E-state index is 12.0. The van der Waals surface area contributed by atoms with Gasteiger partial charge in [-0.15, -0.1) is 0 Å². The van der Waals surface area contributed by atoms with Gasteiger partial charge in [0.05, 0.1) is 13.2 Å². The van der Waals surface area contributed by atoms with Crippen molar-refractivity contribution >= 4 is 5.91 Å². The highest BCUT2D eigenvalue weighted by Gasteiger charge is 2.40. The Kier molecular flexibility index (Phi) is 3.39. The molecule has 0 atom stereocenters. The Morgan fingerprint density at radius 2 is 1.81 bits per heavy atom. The van der Waals surface area contributed by atoms with E-state index in [0.717, 1.165) is 0 Å². The van der Waals surface area contributed by atoms with E-state index in [1.54, 1.807) is 0 Å². The van der Waals surface area contributed by atoms with E-state index in [0.29, 0.717) is 38.9 Å². The quantitative estimate of drug-likeness (QED) is 0.778. The molecule has 2 fully saturated rings. The molecule has 0 aromatic carbocycles. The van der Waals surface area contributed by atoms with Crippen LogP contribution in [-0.4, -0.2) is 37.4 Å². The van der Waals surface area contributed by atoms with E-state index in [4.69, 9.17) is 9.47 Å². The molecule has 0 unspecified atom stereocenters. The number of halogens is 2. The predicted octanol–water partition coefficient (Wildman–Crippen LogP) is 1.05. The fourth-order valence-corrected chi connectivity index (χ4v) is 2.25. The number of amides is 1. The van der Waals surface area contributed by atoms with Gasteiger partial charge in [-0.05, 0) is 12.8 Å². The number of hydrogen-bond donors (Lipinski definition) is 1. The van der Waals surface area contributed by atoms with Crippen LogP contribution < -0.4 is 5.32 Å². The number of carbonyl (C=O) groups excluding carboxylic acids is 1. The van der Waals surface area contributed by atoms with Gasteiger partial charge in [-0.3, -0.25) is 4.79 Å². The van der Waals surface area contributed by atoms with Crippen LogP contribution in [0.2, 0.25) is 0 Å². The molecule has 92 valence electrons. The summed E-state index contributed by atoms with van der Waals surface area (Å²) >= 11 is 0. The number of ether oxygens (including phenoxy) is 2. The van der Waals surface area contributed by atoms with Gasteiger partial charge >= 0.3 is 6.43 Å². The molecular formula is C10H15F2NO3. The highest BCUT2D eigenvalue weighted by Crippen LogP contribution is 2.35. The molecule has 1 amide bonds. The molecule has 4 nitrogen and oxygen atoms in total. The van der Waals surface area contributed by atoms with Crippen LogP contribution in [0.25, 0.3) is 0 Å². The van der Waals surface area contributed by atoms with Crippen molar-refractivity contribution in [3.05, 3.63) is 0 Å². The van der Waals surface area contributed by atoms with Gasteiger partial charge in [0.1, 0.15) is 0 Å². The molecule has 0 bridgehead atoms. The molecule has 1 spiro atoms. The SMILES string of the molecule is O=C(NC1CCC2(CC1)OCCO2)C(F)F. The van der Waals surface area contributed by atoms with Crippen molar-refractivity contribution in [1.29, 1.82) is 0 Å². The lowest BCUT2D eigenvalue weighted by Crippen LogP contribution is -2.45. The van der Waals surface area contributed by atoms with Gasteiger partial charge in [-0.25, -0.2) is 0 Å². The molecule has 0 aromatic heterocycles. The molecule has 2 aliphatic rings. The Morgan fingerprint density at radius 1 is 1.25 bits per heavy atom. The third kappa shape index (κ3) is 2.49. The molecule has 1 saturated carbocycles. The summed E-state index contributed by atoms with van der Waals surface area (Å²) in [5, 5.41) is 2.32. The zero-order chi connectivity index (χ0) is 11.6. The summed E-state index contributed by atoms with van der Waals surface area (Å²) < 4.78 is 35.0. The highest BCUT2D eigenvalue weighted by atomic mass is 19.3. The molecule has 1 heterocycles. The molecule has 1 saturated heterocycles. The van der Waals surface area contributed by atoms with Crippen LogP contribution in [0, 0.1) is 0 Å². The zero-order valence-corrected chi connectivity index (χ0v) is 8.88. The van der Waals surface area contributed by atoms with Crippen molar-refractivity contribution < 1.29 is 23.0 Å². The third-order valence-corrected chi connectivity index (χ3v) is 3.11. The van der Waals surface area contributed by atoms with Crippen LogP contribution in [0.15, 0.2) is 0 Å². The summed E-state index contributed by atoms with van der Waals surface area (Å²) in [5.74, 6) is -1.69. The summed E-state index contributed by atoms with van der Waals surface area (Å²) in [6, 6.07) is -0.181. The van der Waals surface area contributed by atoms with Crippen molar-refractivity contribution in [2.24, 2.45) is 0 Å². The lowest BCUT2D eigenvalue weighted by atomic mass is 9.90. The maximum Gasteiger partial charge on any atom is 0.315 e. The molecule has 6 heteroatoms. The number of rotatable bonds is 2. The van der Waals surface area contributed by atoms with Gasteiger partial charge in [0, 0.05) is 18.9 Å². The van der Waals surface area contributed by atoms with E-state index in [1.165, 1.54) is 0 Å². The monoisotopic (exact) mass is 235 g/mol. The summed E-state index contributed by atoms with van der Waals surface area (Å²) in [4.78, 5) is 10.8. The summed E-state index contributed by atoms with van der Waals surface area (Å²) in [6.45, 7) is 1.18. The van der Waals surface area contributed by atoms with Gasteiger partial charge in [0.2, 0.25) is 0 Å². The van der Waals surface area contributed by atoms with E-state index >= 15 is 0 Å². The highest BCUT2D eigenvalue weighted by molar-refractivity contribution is 5.79. The van der Waals surface area contributed by atoms with Gasteiger partial charge in [-0.2, -0.15) is 8.78 Å². The fraction of sp³-hybridized carbons (Fsp3) is 0.900. The van der Waals surface area contributed by atoms with E-state index in [1.807, 2.05) is 0 Å². The molecule has 1 N–H and O–H groups in total. The Bertz CT molecular complexity index is 257. The van der Waals surface area contributed by atoms with E-state index in [9.17, 15) is 13.6 Å². The van der Waals surface area contributed by atoms with Crippen LogP contribution in [-0.2, 0) is 14.3 Å². The standard InChI is InChI=1S/C10H15F2NO3/c11-8(12)9(14)13-7-1-3-10(4-2-7)15-5-6-16-10/h7-8H,1-6H2,(H,13,14). The second-order valence-electron chi connectivity index (χ2n) is 4.19. The van der Waals surface area contributed by atoms with Gasteiger partial charge in [-0.1, -0.05) is 0 Å². The summed E-state index contributed by atoms with van der Waals surface area (Å²) in [5.41, 5.74) is 0. The Labute approximate surface area is 92.3 Å². The summed E-state index contributed by atoms with van der Waals surface area (Å²) in [6.07, 6.45) is -0.380. The number of hydrogen-bond acceptors (Lipinski definition) is 3. The second-order valence-corrected chi connectivity index (χ2v) is 4.19. The van der Waals surface area contributed by atoms with Crippen LogP contribution in [0.1, 0.15) is 25.7 Å². The van der Waals surface area contributed by atoms with Crippen molar-refractivity contribution in [2.75, 3.05) is 13.2 Å². The second kappa shape index (κ2) is 4.63. The maximum atomic E-state index is 12.0. The van der Waals surface area contributed by atoms with E-state index < -0.39 is 18.1 Å². The van der Waals surface area contributed by atoms with Crippen LogP contribution >= 0.6 is 0 Å². The number of nitrogens with one attached hydrogen (secondary N) is 1. The molecule has 1 aliphatic heterocycles. The van der Waals surface area contributed by atoms with Gasteiger partial charge in [0.15, 0.2) is 5.79 Å². The van der Waals surface area contributed by atoms with Crippen molar-refractivity contribution in [2.45, 2.75) is 43.9 Å². The van der Waals surface area contributed by atoms with Crippen LogP contribution in [0.4, 0.5) is 8.78 Å². The number of carbonyl (C=O) groups is 1. The molecule has 0 radical (unpaired) electrons. The summed E-state index contributed by atoms with van der Waals surface area (Å²) in [7, 11) is 0. The van der Waals surface area contributed by atoms with Gasteiger partial charge < -0.3 is 14.8 Å². The van der Waals surface area contributed by atoms with Crippen LogP contribution in [0.3, 0.4) is 0 Å². The minimum atomic E-state index is -2.94. The normalized spacial score (nSPS) is 25.2. The molecule has 2 rings (SSSR count). The first-order chi connectivity index (χ1) is 7.61. The smallest absolute Gasteiger partial charge is 0.315 e. The van der Waals surface area contributed by atoms with Gasteiger partial charge in [0.25, 0.3) is 5.91 Å². The topological polar surface area (TPSA) is 47.6 Å². The molecule has 16 heavy (non-hydrogen) atoms. The Balaban J connectivity index is 1.79. The van der Waals surface area contributed by atoms with Crippen molar-refractivity contribution in [3.63, 3.8) is 0 Å². The Morgan fingerprint density at radius 3 is 2.31 bits per heavy atom.